The third kappa shape index (κ3) is 1.58. The SMILES string of the molecule is Ic1nnc(-c2ccncn2)s1. The molecular weight excluding hydrogens is 287 g/mol. The molecule has 0 aliphatic rings. The molecule has 60 valence electrons. The molecule has 0 bridgehead atoms. The van der Waals surface area contributed by atoms with Crippen LogP contribution in [0, 0.1) is 3.01 Å². The number of aromatic nitrogens is 4. The van der Waals surface area contributed by atoms with Crippen molar-refractivity contribution in [1.29, 1.82) is 0 Å². The number of hydrogen-bond acceptors (Lipinski definition) is 5. The number of halogens is 1. The first-order valence-electron chi connectivity index (χ1n) is 3.11. The minimum Gasteiger partial charge on any atom is -0.245 e. The molecule has 0 saturated heterocycles. The van der Waals surface area contributed by atoms with Crippen LogP contribution in [0.5, 0.6) is 0 Å². The molecule has 0 amide bonds. The van der Waals surface area contributed by atoms with E-state index in [0.717, 1.165) is 13.7 Å². The van der Waals surface area contributed by atoms with E-state index in [1.807, 2.05) is 6.07 Å². The van der Waals surface area contributed by atoms with Crippen LogP contribution in [0.2, 0.25) is 0 Å². The number of hydrogen-bond donors (Lipinski definition) is 0. The maximum Gasteiger partial charge on any atom is 0.178 e. The Balaban J connectivity index is 2.45. The van der Waals surface area contributed by atoms with Crippen LogP contribution in [0.1, 0.15) is 0 Å². The van der Waals surface area contributed by atoms with Gasteiger partial charge in [-0.1, -0.05) is 11.3 Å². The van der Waals surface area contributed by atoms with Gasteiger partial charge in [0.05, 0.1) is 0 Å². The molecule has 2 heterocycles. The van der Waals surface area contributed by atoms with Crippen molar-refractivity contribution in [3.8, 4) is 10.7 Å². The summed E-state index contributed by atoms with van der Waals surface area (Å²) >= 11 is 3.64. The highest BCUT2D eigenvalue weighted by molar-refractivity contribution is 14.1. The largest absolute Gasteiger partial charge is 0.245 e. The molecule has 0 aliphatic heterocycles. The molecule has 2 rings (SSSR count). The molecule has 2 aromatic heterocycles. The number of nitrogens with zero attached hydrogens (tertiary/aromatic N) is 4. The Kier molecular flexibility index (Phi) is 2.26. The zero-order valence-corrected chi connectivity index (χ0v) is 8.78. The summed E-state index contributed by atoms with van der Waals surface area (Å²) in [5, 5.41) is 8.68. The summed E-state index contributed by atoms with van der Waals surface area (Å²) < 4.78 is 0.918. The smallest absolute Gasteiger partial charge is 0.178 e. The van der Waals surface area contributed by atoms with Gasteiger partial charge in [0.2, 0.25) is 0 Å². The summed E-state index contributed by atoms with van der Waals surface area (Å²) in [6.07, 6.45) is 3.19. The lowest BCUT2D eigenvalue weighted by molar-refractivity contribution is 1.06. The maximum absolute atomic E-state index is 4.06. The van der Waals surface area contributed by atoms with Gasteiger partial charge in [-0.2, -0.15) is 0 Å². The molecule has 0 saturated carbocycles. The quantitative estimate of drug-likeness (QED) is 0.749. The topological polar surface area (TPSA) is 51.6 Å². The van der Waals surface area contributed by atoms with Gasteiger partial charge in [0.1, 0.15) is 12.0 Å². The van der Waals surface area contributed by atoms with Gasteiger partial charge in [0.25, 0.3) is 0 Å². The molecule has 0 N–H and O–H groups in total. The molecule has 12 heavy (non-hydrogen) atoms. The van der Waals surface area contributed by atoms with E-state index in [0.29, 0.717) is 0 Å². The van der Waals surface area contributed by atoms with Crippen LogP contribution < -0.4 is 0 Å². The second-order valence-corrected chi connectivity index (χ2v) is 4.69. The third-order valence-corrected chi connectivity index (χ3v) is 2.81. The minimum atomic E-state index is 0.824. The summed E-state index contributed by atoms with van der Waals surface area (Å²) in [4.78, 5) is 7.88. The van der Waals surface area contributed by atoms with E-state index in [4.69, 9.17) is 0 Å². The third-order valence-electron chi connectivity index (χ3n) is 1.20. The van der Waals surface area contributed by atoms with Crippen LogP contribution in [-0.4, -0.2) is 20.2 Å². The highest BCUT2D eigenvalue weighted by Gasteiger charge is 2.04. The summed E-state index contributed by atoms with van der Waals surface area (Å²) in [5.74, 6) is 0. The van der Waals surface area contributed by atoms with Gasteiger partial charge in [0, 0.05) is 6.20 Å². The summed E-state index contributed by atoms with van der Waals surface area (Å²) in [6.45, 7) is 0. The Hall–Kier alpha value is -0.630. The minimum absolute atomic E-state index is 0.824. The van der Waals surface area contributed by atoms with Crippen molar-refractivity contribution in [3.63, 3.8) is 0 Å². The predicted octanol–water partition coefficient (Wildman–Crippen LogP) is 1.60. The molecule has 2 aromatic rings. The maximum atomic E-state index is 4.06. The monoisotopic (exact) mass is 290 g/mol. The standard InChI is InChI=1S/C6H3IN4S/c7-6-11-10-5(12-6)4-1-2-8-3-9-4/h1-3H. The van der Waals surface area contributed by atoms with Crippen LogP contribution in [0.25, 0.3) is 10.7 Å². The van der Waals surface area contributed by atoms with Gasteiger partial charge in [-0.25, -0.2) is 9.97 Å². The molecule has 0 aliphatic carbocycles. The second kappa shape index (κ2) is 3.40. The van der Waals surface area contributed by atoms with Gasteiger partial charge in [0.15, 0.2) is 8.02 Å². The van der Waals surface area contributed by atoms with E-state index < -0.39 is 0 Å². The summed E-state index contributed by atoms with van der Waals surface area (Å²) in [7, 11) is 0. The lowest BCUT2D eigenvalue weighted by Gasteiger charge is -1.89. The number of rotatable bonds is 1. The van der Waals surface area contributed by atoms with Crippen LogP contribution in [0.15, 0.2) is 18.6 Å². The molecule has 0 atom stereocenters. The van der Waals surface area contributed by atoms with Gasteiger partial charge >= 0.3 is 0 Å². The molecule has 6 heteroatoms. The highest BCUT2D eigenvalue weighted by Crippen LogP contribution is 2.21. The van der Waals surface area contributed by atoms with Gasteiger partial charge in [-0.15, -0.1) is 10.2 Å². The predicted molar refractivity (Wildman–Crippen MR) is 53.7 cm³/mol. The molecule has 0 radical (unpaired) electrons. The van der Waals surface area contributed by atoms with Crippen molar-refractivity contribution in [2.24, 2.45) is 0 Å². The fourth-order valence-electron chi connectivity index (χ4n) is 0.726. The van der Waals surface area contributed by atoms with Crippen molar-refractivity contribution in [1.82, 2.24) is 20.2 Å². The normalized spacial score (nSPS) is 10.1. The molecule has 0 aromatic carbocycles. The first kappa shape index (κ1) is 7.99. The lowest BCUT2D eigenvalue weighted by Crippen LogP contribution is -1.82. The molecule has 0 fully saturated rings. The van der Waals surface area contributed by atoms with Crippen molar-refractivity contribution in [3.05, 3.63) is 21.6 Å². The van der Waals surface area contributed by atoms with E-state index >= 15 is 0 Å². The van der Waals surface area contributed by atoms with Crippen molar-refractivity contribution < 1.29 is 0 Å². The Morgan fingerprint density at radius 3 is 2.83 bits per heavy atom. The van der Waals surface area contributed by atoms with Crippen molar-refractivity contribution in [2.75, 3.05) is 0 Å². The Morgan fingerprint density at radius 2 is 2.25 bits per heavy atom. The van der Waals surface area contributed by atoms with E-state index in [9.17, 15) is 0 Å². The average molecular weight is 290 g/mol. The average Bonchev–Trinajstić information content (AvgIpc) is 2.54. The molecule has 4 nitrogen and oxygen atoms in total. The van der Waals surface area contributed by atoms with Crippen LogP contribution in [0.3, 0.4) is 0 Å². The van der Waals surface area contributed by atoms with Crippen LogP contribution in [-0.2, 0) is 0 Å². The fourth-order valence-corrected chi connectivity index (χ4v) is 2.01. The van der Waals surface area contributed by atoms with Gasteiger partial charge in [-0.3, -0.25) is 0 Å². The zero-order valence-electron chi connectivity index (χ0n) is 5.81. The zero-order chi connectivity index (χ0) is 8.39. The summed E-state index contributed by atoms with van der Waals surface area (Å²) in [6, 6.07) is 1.82. The Morgan fingerprint density at radius 1 is 1.33 bits per heavy atom. The molecular formula is C6H3IN4S. The summed E-state index contributed by atoms with van der Waals surface area (Å²) in [5.41, 5.74) is 0.824. The van der Waals surface area contributed by atoms with Crippen molar-refractivity contribution >= 4 is 33.9 Å². The van der Waals surface area contributed by atoms with E-state index in [1.54, 1.807) is 6.20 Å². The van der Waals surface area contributed by atoms with Crippen molar-refractivity contribution in [2.45, 2.75) is 0 Å². The Labute approximate surface area is 86.2 Å². The second-order valence-electron chi connectivity index (χ2n) is 1.95. The van der Waals surface area contributed by atoms with Gasteiger partial charge < -0.3 is 0 Å². The lowest BCUT2D eigenvalue weighted by atomic mass is 10.4. The van der Waals surface area contributed by atoms with E-state index in [1.165, 1.54) is 17.7 Å². The van der Waals surface area contributed by atoms with E-state index in [-0.39, 0.29) is 0 Å². The molecule has 0 spiro atoms. The fraction of sp³-hybridized carbons (Fsp3) is 0. The first-order chi connectivity index (χ1) is 5.86. The Bertz CT molecular complexity index is 374. The van der Waals surface area contributed by atoms with Crippen LogP contribution >= 0.6 is 33.9 Å². The van der Waals surface area contributed by atoms with E-state index in [2.05, 4.69) is 42.8 Å². The highest BCUT2D eigenvalue weighted by atomic mass is 127. The molecule has 0 unspecified atom stereocenters. The van der Waals surface area contributed by atoms with Gasteiger partial charge in [-0.05, 0) is 28.7 Å². The van der Waals surface area contributed by atoms with Crippen LogP contribution in [0.4, 0.5) is 0 Å². The first-order valence-corrected chi connectivity index (χ1v) is 5.01.